The Morgan fingerprint density at radius 2 is 2.23 bits per heavy atom. The average Bonchev–Trinajstić information content (AvgIpc) is 2.01. The Kier molecular flexibility index (Phi) is 4.64. The molecule has 0 unspecified atom stereocenters. The second-order valence-electron chi connectivity index (χ2n) is 3.04. The summed E-state index contributed by atoms with van der Waals surface area (Å²) >= 11 is 0. The fraction of sp³-hybridized carbons (Fsp3) is 0.714. The Hall–Kier alpha value is -1.46. The number of hydrogen-bond acceptors (Lipinski definition) is 3. The van der Waals surface area contributed by atoms with Crippen LogP contribution in [0.2, 0.25) is 0 Å². The van der Waals surface area contributed by atoms with E-state index < -0.39 is 0 Å². The number of carbonyl (C=O) groups is 1. The summed E-state index contributed by atoms with van der Waals surface area (Å²) in [4.78, 5) is 12.5. The molecule has 0 saturated heterocycles. The standard InChI is InChI=1S/C7H16N4O2/c1-5(2)9-6(12)4-11(3)7(8)10-13/h5,13H,4H2,1-3H3,(H2,8,10)(H,9,12). The van der Waals surface area contributed by atoms with Gasteiger partial charge in [-0.25, -0.2) is 0 Å². The van der Waals surface area contributed by atoms with Gasteiger partial charge in [0.2, 0.25) is 11.9 Å². The van der Waals surface area contributed by atoms with Crippen LogP contribution in [-0.2, 0) is 4.79 Å². The van der Waals surface area contributed by atoms with Gasteiger partial charge < -0.3 is 21.2 Å². The Bertz CT molecular complexity index is 203. The number of hydrogen-bond donors (Lipinski definition) is 3. The molecule has 0 bridgehead atoms. The number of nitrogens with zero attached hydrogens (tertiary/aromatic N) is 2. The molecule has 0 aromatic heterocycles. The third-order valence-electron chi connectivity index (χ3n) is 1.32. The van der Waals surface area contributed by atoms with Crippen molar-refractivity contribution in [1.82, 2.24) is 10.2 Å². The number of oxime groups is 1. The number of nitrogens with two attached hydrogens (primary N) is 1. The maximum Gasteiger partial charge on any atom is 0.239 e. The third kappa shape index (κ3) is 4.89. The maximum atomic E-state index is 11.1. The van der Waals surface area contributed by atoms with Crippen LogP contribution in [0.15, 0.2) is 5.16 Å². The Morgan fingerprint density at radius 3 is 2.62 bits per heavy atom. The van der Waals surface area contributed by atoms with Crippen LogP contribution in [0, 0.1) is 0 Å². The van der Waals surface area contributed by atoms with Crippen LogP contribution < -0.4 is 11.1 Å². The SMILES string of the molecule is CC(C)NC(=O)CN(C)C(N)=NO. The highest BCUT2D eigenvalue weighted by Crippen LogP contribution is 1.83. The van der Waals surface area contributed by atoms with E-state index in [-0.39, 0.29) is 24.5 Å². The van der Waals surface area contributed by atoms with Gasteiger partial charge in [0.15, 0.2) is 0 Å². The van der Waals surface area contributed by atoms with E-state index in [4.69, 9.17) is 10.9 Å². The normalized spacial score (nSPS) is 11.5. The summed E-state index contributed by atoms with van der Waals surface area (Å²) in [5, 5.41) is 13.7. The molecule has 0 rings (SSSR count). The van der Waals surface area contributed by atoms with E-state index in [1.54, 1.807) is 7.05 Å². The number of amides is 1. The van der Waals surface area contributed by atoms with Crippen molar-refractivity contribution in [3.63, 3.8) is 0 Å². The second-order valence-corrected chi connectivity index (χ2v) is 3.04. The zero-order valence-electron chi connectivity index (χ0n) is 8.11. The zero-order valence-corrected chi connectivity index (χ0v) is 8.11. The summed E-state index contributed by atoms with van der Waals surface area (Å²) < 4.78 is 0. The molecule has 4 N–H and O–H groups in total. The van der Waals surface area contributed by atoms with Crippen molar-refractivity contribution in [2.75, 3.05) is 13.6 Å². The van der Waals surface area contributed by atoms with E-state index >= 15 is 0 Å². The minimum absolute atomic E-state index is 0.0775. The van der Waals surface area contributed by atoms with Crippen LogP contribution >= 0.6 is 0 Å². The maximum absolute atomic E-state index is 11.1. The van der Waals surface area contributed by atoms with Crippen molar-refractivity contribution >= 4 is 11.9 Å². The highest BCUT2D eigenvalue weighted by molar-refractivity contribution is 5.85. The Balaban J connectivity index is 3.92. The highest BCUT2D eigenvalue weighted by atomic mass is 16.4. The molecule has 0 aromatic carbocycles. The molecular weight excluding hydrogens is 172 g/mol. The van der Waals surface area contributed by atoms with Crippen molar-refractivity contribution in [2.24, 2.45) is 10.9 Å². The monoisotopic (exact) mass is 188 g/mol. The number of likely N-dealkylation sites (N-methyl/N-ethyl adjacent to an activating group) is 1. The number of guanidine groups is 1. The lowest BCUT2D eigenvalue weighted by Gasteiger charge is -2.17. The summed E-state index contributed by atoms with van der Waals surface area (Å²) in [5.41, 5.74) is 5.24. The lowest BCUT2D eigenvalue weighted by atomic mass is 10.4. The molecule has 0 saturated carbocycles. The minimum Gasteiger partial charge on any atom is -0.408 e. The van der Waals surface area contributed by atoms with Crippen molar-refractivity contribution < 1.29 is 10.0 Å². The predicted molar refractivity (Wildman–Crippen MR) is 49.3 cm³/mol. The fourth-order valence-corrected chi connectivity index (χ4v) is 0.740. The van der Waals surface area contributed by atoms with Crippen molar-refractivity contribution in [3.8, 4) is 0 Å². The minimum atomic E-state index is -0.163. The lowest BCUT2D eigenvalue weighted by molar-refractivity contribution is -0.121. The lowest BCUT2D eigenvalue weighted by Crippen LogP contribution is -2.43. The Labute approximate surface area is 77.4 Å². The van der Waals surface area contributed by atoms with Gasteiger partial charge in [-0.15, -0.1) is 0 Å². The van der Waals surface area contributed by atoms with E-state index in [1.807, 2.05) is 13.8 Å². The topological polar surface area (TPSA) is 91.0 Å². The summed E-state index contributed by atoms with van der Waals surface area (Å²) in [6, 6.07) is 0.0909. The van der Waals surface area contributed by atoms with E-state index in [9.17, 15) is 4.79 Å². The molecule has 6 heteroatoms. The first-order chi connectivity index (χ1) is 5.97. The van der Waals surface area contributed by atoms with Crippen LogP contribution in [-0.4, -0.2) is 41.6 Å². The van der Waals surface area contributed by atoms with Gasteiger partial charge in [0, 0.05) is 13.1 Å². The van der Waals surface area contributed by atoms with Crippen LogP contribution in [0.1, 0.15) is 13.8 Å². The van der Waals surface area contributed by atoms with Gasteiger partial charge in [0.25, 0.3) is 0 Å². The molecular formula is C7H16N4O2. The number of carbonyl (C=O) groups excluding carboxylic acids is 1. The van der Waals surface area contributed by atoms with Gasteiger partial charge in [-0.2, -0.15) is 0 Å². The van der Waals surface area contributed by atoms with Gasteiger partial charge >= 0.3 is 0 Å². The van der Waals surface area contributed by atoms with E-state index in [0.717, 1.165) is 0 Å². The van der Waals surface area contributed by atoms with Crippen LogP contribution in [0.5, 0.6) is 0 Å². The molecule has 0 fully saturated rings. The molecule has 0 aliphatic rings. The fourth-order valence-electron chi connectivity index (χ4n) is 0.740. The van der Waals surface area contributed by atoms with E-state index in [2.05, 4.69) is 10.5 Å². The van der Waals surface area contributed by atoms with Crippen molar-refractivity contribution in [1.29, 1.82) is 0 Å². The molecule has 0 radical (unpaired) electrons. The van der Waals surface area contributed by atoms with Crippen LogP contribution in [0.25, 0.3) is 0 Å². The first-order valence-corrected chi connectivity index (χ1v) is 3.95. The molecule has 76 valence electrons. The van der Waals surface area contributed by atoms with E-state index in [0.29, 0.717) is 0 Å². The summed E-state index contributed by atoms with van der Waals surface area (Å²) in [7, 11) is 1.56. The molecule has 0 atom stereocenters. The van der Waals surface area contributed by atoms with Crippen molar-refractivity contribution in [2.45, 2.75) is 19.9 Å². The highest BCUT2D eigenvalue weighted by Gasteiger charge is 2.08. The summed E-state index contributed by atoms with van der Waals surface area (Å²) in [6.07, 6.45) is 0. The molecule has 0 heterocycles. The van der Waals surface area contributed by atoms with Gasteiger partial charge in [-0.3, -0.25) is 4.79 Å². The van der Waals surface area contributed by atoms with E-state index in [1.165, 1.54) is 4.90 Å². The smallest absolute Gasteiger partial charge is 0.239 e. The molecule has 0 aromatic rings. The van der Waals surface area contributed by atoms with Gasteiger partial charge in [0.05, 0.1) is 6.54 Å². The van der Waals surface area contributed by atoms with Gasteiger partial charge in [-0.1, -0.05) is 5.16 Å². The van der Waals surface area contributed by atoms with Crippen LogP contribution in [0.3, 0.4) is 0 Å². The summed E-state index contributed by atoms with van der Waals surface area (Å²) in [6.45, 7) is 3.80. The first kappa shape index (κ1) is 11.5. The quantitative estimate of drug-likeness (QED) is 0.233. The van der Waals surface area contributed by atoms with Crippen LogP contribution in [0.4, 0.5) is 0 Å². The molecule has 6 nitrogen and oxygen atoms in total. The Morgan fingerprint density at radius 1 is 1.69 bits per heavy atom. The molecule has 0 aliphatic carbocycles. The zero-order chi connectivity index (χ0) is 10.4. The molecule has 13 heavy (non-hydrogen) atoms. The largest absolute Gasteiger partial charge is 0.408 e. The third-order valence-corrected chi connectivity index (χ3v) is 1.32. The molecule has 1 amide bonds. The summed E-state index contributed by atoms with van der Waals surface area (Å²) in [5.74, 6) is -0.247. The van der Waals surface area contributed by atoms with Gasteiger partial charge in [-0.05, 0) is 13.8 Å². The molecule has 0 spiro atoms. The number of rotatable bonds is 3. The number of nitrogens with one attached hydrogen (secondary N) is 1. The van der Waals surface area contributed by atoms with Gasteiger partial charge in [0.1, 0.15) is 0 Å². The molecule has 0 aliphatic heterocycles. The van der Waals surface area contributed by atoms with Crippen molar-refractivity contribution in [3.05, 3.63) is 0 Å². The average molecular weight is 188 g/mol. The first-order valence-electron chi connectivity index (χ1n) is 3.95. The predicted octanol–water partition coefficient (Wildman–Crippen LogP) is -0.853. The second kappa shape index (κ2) is 5.23.